The van der Waals surface area contributed by atoms with Gasteiger partial charge in [0.15, 0.2) is 0 Å². The molecule has 1 atom stereocenters. The molecule has 4 nitrogen and oxygen atoms in total. The first-order chi connectivity index (χ1) is 11.6. The molecule has 4 heteroatoms. The van der Waals surface area contributed by atoms with Crippen LogP contribution in [0.25, 0.3) is 0 Å². The van der Waals surface area contributed by atoms with E-state index in [1.165, 1.54) is 0 Å². The Balaban J connectivity index is 2.47. The molecule has 0 N–H and O–H groups in total. The second-order valence-electron chi connectivity index (χ2n) is 6.22. The van der Waals surface area contributed by atoms with Gasteiger partial charge in [-0.25, -0.2) is 9.59 Å². The minimum absolute atomic E-state index is 0.388. The summed E-state index contributed by atoms with van der Waals surface area (Å²) in [5, 5.41) is 0. The molecule has 134 valence electrons. The first-order valence-electron chi connectivity index (χ1n) is 9.02. The van der Waals surface area contributed by atoms with Crippen LogP contribution in [0.2, 0.25) is 0 Å². The molecule has 1 aromatic rings. The average molecular weight is 334 g/mol. The predicted molar refractivity (Wildman–Crippen MR) is 95.2 cm³/mol. The van der Waals surface area contributed by atoms with Crippen molar-refractivity contribution in [3.63, 3.8) is 0 Å². The molecule has 0 amide bonds. The van der Waals surface area contributed by atoms with E-state index in [0.717, 1.165) is 38.5 Å². The summed E-state index contributed by atoms with van der Waals surface area (Å²) >= 11 is 0. The van der Waals surface area contributed by atoms with E-state index in [-0.39, 0.29) is 5.97 Å². The van der Waals surface area contributed by atoms with E-state index in [2.05, 4.69) is 20.8 Å². The third kappa shape index (κ3) is 7.62. The van der Waals surface area contributed by atoms with Crippen LogP contribution in [0.3, 0.4) is 0 Å². The zero-order chi connectivity index (χ0) is 17.8. The highest BCUT2D eigenvalue weighted by Gasteiger charge is 2.13. The summed E-state index contributed by atoms with van der Waals surface area (Å²) in [4.78, 5) is 24.1. The molecular weight excluding hydrogens is 304 g/mol. The molecule has 0 radical (unpaired) electrons. The van der Waals surface area contributed by atoms with Crippen molar-refractivity contribution in [1.82, 2.24) is 0 Å². The Bertz CT molecular complexity index is 510. The molecule has 0 aromatic heterocycles. The number of carbonyl (C=O) groups is 2. The van der Waals surface area contributed by atoms with Gasteiger partial charge in [-0.2, -0.15) is 0 Å². The van der Waals surface area contributed by atoms with Crippen molar-refractivity contribution in [2.45, 2.75) is 59.3 Å². The van der Waals surface area contributed by atoms with Crippen molar-refractivity contribution in [3.05, 3.63) is 35.4 Å². The summed E-state index contributed by atoms with van der Waals surface area (Å²) in [6, 6.07) is 6.53. The van der Waals surface area contributed by atoms with Crippen LogP contribution in [0.5, 0.6) is 0 Å². The maximum atomic E-state index is 12.0. The summed E-state index contributed by atoms with van der Waals surface area (Å²) in [7, 11) is 0. The van der Waals surface area contributed by atoms with E-state index >= 15 is 0 Å². The summed E-state index contributed by atoms with van der Waals surface area (Å²) < 4.78 is 10.5. The smallest absolute Gasteiger partial charge is 0.338 e. The molecule has 0 spiro atoms. The van der Waals surface area contributed by atoms with Gasteiger partial charge in [0.05, 0.1) is 24.3 Å². The highest BCUT2D eigenvalue weighted by Crippen LogP contribution is 2.11. The molecular formula is C20H30O4. The Labute approximate surface area is 145 Å². The largest absolute Gasteiger partial charge is 0.462 e. The number of carbonyl (C=O) groups excluding carboxylic acids is 2. The van der Waals surface area contributed by atoms with Gasteiger partial charge >= 0.3 is 11.9 Å². The lowest BCUT2D eigenvalue weighted by Gasteiger charge is -2.09. The maximum absolute atomic E-state index is 12.0. The SMILES string of the molecule is CCCCCCOC(=O)c1cccc(C(=O)OCCC(C)CC)c1. The van der Waals surface area contributed by atoms with Crippen molar-refractivity contribution in [2.24, 2.45) is 5.92 Å². The first-order valence-corrected chi connectivity index (χ1v) is 9.02. The second-order valence-corrected chi connectivity index (χ2v) is 6.22. The number of esters is 2. The summed E-state index contributed by atoms with van der Waals surface area (Å²) in [6.45, 7) is 7.21. The Morgan fingerprint density at radius 2 is 1.58 bits per heavy atom. The maximum Gasteiger partial charge on any atom is 0.338 e. The molecule has 1 unspecified atom stereocenters. The van der Waals surface area contributed by atoms with Gasteiger partial charge in [0, 0.05) is 0 Å². The molecule has 24 heavy (non-hydrogen) atoms. The van der Waals surface area contributed by atoms with Crippen LogP contribution >= 0.6 is 0 Å². The lowest BCUT2D eigenvalue weighted by Crippen LogP contribution is -2.11. The summed E-state index contributed by atoms with van der Waals surface area (Å²) in [5.41, 5.74) is 0.779. The summed E-state index contributed by atoms with van der Waals surface area (Å²) in [6.07, 6.45) is 6.15. The molecule has 0 aliphatic heterocycles. The average Bonchev–Trinajstić information content (AvgIpc) is 2.61. The Kier molecular flexibility index (Phi) is 9.81. The van der Waals surface area contributed by atoms with Crippen LogP contribution in [0.15, 0.2) is 24.3 Å². The van der Waals surface area contributed by atoms with Crippen LogP contribution in [0, 0.1) is 5.92 Å². The fourth-order valence-electron chi connectivity index (χ4n) is 2.19. The van der Waals surface area contributed by atoms with Crippen molar-refractivity contribution in [2.75, 3.05) is 13.2 Å². The zero-order valence-electron chi connectivity index (χ0n) is 15.2. The van der Waals surface area contributed by atoms with Crippen molar-refractivity contribution >= 4 is 11.9 Å². The number of rotatable bonds is 11. The molecule has 0 bridgehead atoms. The molecule has 1 aromatic carbocycles. The number of hydrogen-bond donors (Lipinski definition) is 0. The van der Waals surface area contributed by atoms with Gasteiger partial charge < -0.3 is 9.47 Å². The minimum Gasteiger partial charge on any atom is -0.462 e. The Hall–Kier alpha value is -1.84. The number of benzene rings is 1. The van der Waals surface area contributed by atoms with Crippen molar-refractivity contribution in [1.29, 1.82) is 0 Å². The van der Waals surface area contributed by atoms with Crippen molar-refractivity contribution < 1.29 is 19.1 Å². The van der Waals surface area contributed by atoms with Gasteiger partial charge in [-0.05, 0) is 37.0 Å². The van der Waals surface area contributed by atoms with E-state index < -0.39 is 5.97 Å². The lowest BCUT2D eigenvalue weighted by molar-refractivity contribution is 0.0484. The van der Waals surface area contributed by atoms with Crippen LogP contribution in [-0.2, 0) is 9.47 Å². The van der Waals surface area contributed by atoms with Crippen LogP contribution in [0.1, 0.15) is 80.0 Å². The number of unbranched alkanes of at least 4 members (excludes halogenated alkanes) is 3. The van der Waals surface area contributed by atoms with Crippen LogP contribution in [0.4, 0.5) is 0 Å². The molecule has 1 rings (SSSR count). The topological polar surface area (TPSA) is 52.6 Å². The molecule has 0 heterocycles. The second kappa shape index (κ2) is 11.7. The highest BCUT2D eigenvalue weighted by molar-refractivity contribution is 5.95. The first kappa shape index (κ1) is 20.2. The lowest BCUT2D eigenvalue weighted by atomic mass is 10.1. The predicted octanol–water partition coefficient (Wildman–Crippen LogP) is 5.02. The van der Waals surface area contributed by atoms with Gasteiger partial charge in [-0.15, -0.1) is 0 Å². The van der Waals surface area contributed by atoms with Gasteiger partial charge in [0.1, 0.15) is 0 Å². The third-order valence-corrected chi connectivity index (χ3v) is 4.11. The van der Waals surface area contributed by atoms with Gasteiger partial charge in [0.2, 0.25) is 0 Å². The highest BCUT2D eigenvalue weighted by atomic mass is 16.5. The monoisotopic (exact) mass is 334 g/mol. The fourth-order valence-corrected chi connectivity index (χ4v) is 2.19. The van der Waals surface area contributed by atoms with Crippen molar-refractivity contribution in [3.8, 4) is 0 Å². The van der Waals surface area contributed by atoms with Gasteiger partial charge in [0.25, 0.3) is 0 Å². The van der Waals surface area contributed by atoms with E-state index in [9.17, 15) is 9.59 Å². The van der Waals surface area contributed by atoms with E-state index in [1.54, 1.807) is 24.3 Å². The third-order valence-electron chi connectivity index (χ3n) is 4.11. The van der Waals surface area contributed by atoms with E-state index in [1.807, 2.05) is 0 Å². The van der Waals surface area contributed by atoms with E-state index in [4.69, 9.17) is 9.47 Å². The normalized spacial score (nSPS) is 11.8. The molecule has 0 saturated heterocycles. The number of hydrogen-bond acceptors (Lipinski definition) is 4. The number of ether oxygens (including phenoxy) is 2. The van der Waals surface area contributed by atoms with Gasteiger partial charge in [-0.3, -0.25) is 0 Å². The Morgan fingerprint density at radius 3 is 2.17 bits per heavy atom. The molecule has 0 fully saturated rings. The quantitative estimate of drug-likeness (QED) is 0.421. The molecule has 0 aliphatic rings. The summed E-state index contributed by atoms with van der Waals surface area (Å²) in [5.74, 6) is -0.247. The standard InChI is InChI=1S/C20H30O4/c1-4-6-7-8-13-23-19(21)17-10-9-11-18(15-17)20(22)24-14-12-16(3)5-2/h9-11,15-16H,4-8,12-14H2,1-3H3. The minimum atomic E-state index is -0.393. The van der Waals surface area contributed by atoms with Crippen LogP contribution < -0.4 is 0 Å². The zero-order valence-corrected chi connectivity index (χ0v) is 15.2. The molecule has 0 aliphatic carbocycles. The van der Waals surface area contributed by atoms with Crippen LogP contribution in [-0.4, -0.2) is 25.2 Å². The molecule has 0 saturated carbocycles. The Morgan fingerprint density at radius 1 is 0.958 bits per heavy atom. The fraction of sp³-hybridized carbons (Fsp3) is 0.600. The van der Waals surface area contributed by atoms with E-state index in [0.29, 0.717) is 30.3 Å². The van der Waals surface area contributed by atoms with Gasteiger partial charge in [-0.1, -0.05) is 52.5 Å².